The van der Waals surface area contributed by atoms with E-state index in [-0.39, 0.29) is 23.7 Å². The van der Waals surface area contributed by atoms with Crippen molar-refractivity contribution >= 4 is 23.5 Å². The van der Waals surface area contributed by atoms with Crippen molar-refractivity contribution < 1.29 is 19.5 Å². The van der Waals surface area contributed by atoms with Gasteiger partial charge in [-0.15, -0.1) is 0 Å². The van der Waals surface area contributed by atoms with Gasteiger partial charge in [0.15, 0.2) is 0 Å². The van der Waals surface area contributed by atoms with E-state index in [1.165, 1.54) is 12.1 Å². The van der Waals surface area contributed by atoms with Gasteiger partial charge < -0.3 is 15.7 Å². The first-order valence-corrected chi connectivity index (χ1v) is 5.81. The number of hydrogen-bond acceptors (Lipinski definition) is 3. The third kappa shape index (κ3) is 4.79. The highest BCUT2D eigenvalue weighted by Gasteiger charge is 2.14. The van der Waals surface area contributed by atoms with Crippen LogP contribution in [0.25, 0.3) is 0 Å². The standard InChI is InChI=1S/C13H16N2O4/c1-8(2)14-11(16)7-12(17)15-10-6-4-3-5-9(10)13(18)19/h3-6,8H,7H2,1-2H3,(H,14,16)(H,15,17)(H,18,19). The third-order valence-electron chi connectivity index (χ3n) is 2.20. The maximum atomic E-state index is 11.6. The number of hydrogen-bond donors (Lipinski definition) is 3. The Balaban J connectivity index is 2.67. The largest absolute Gasteiger partial charge is 0.478 e. The molecule has 0 aliphatic heterocycles. The average Bonchev–Trinajstić information content (AvgIpc) is 2.27. The summed E-state index contributed by atoms with van der Waals surface area (Å²) in [7, 11) is 0. The number of amides is 2. The van der Waals surface area contributed by atoms with E-state index in [0.717, 1.165) is 0 Å². The number of benzene rings is 1. The number of carbonyl (C=O) groups excluding carboxylic acids is 2. The lowest BCUT2D eigenvalue weighted by atomic mass is 10.1. The van der Waals surface area contributed by atoms with Crippen molar-refractivity contribution in [1.29, 1.82) is 0 Å². The van der Waals surface area contributed by atoms with Gasteiger partial charge in [0.1, 0.15) is 6.42 Å². The van der Waals surface area contributed by atoms with Crippen LogP contribution in [0.5, 0.6) is 0 Å². The maximum absolute atomic E-state index is 11.6. The van der Waals surface area contributed by atoms with Gasteiger partial charge in [-0.3, -0.25) is 9.59 Å². The van der Waals surface area contributed by atoms with Crippen LogP contribution in [0.1, 0.15) is 30.6 Å². The predicted octanol–water partition coefficient (Wildman–Crippen LogP) is 1.24. The molecule has 102 valence electrons. The van der Waals surface area contributed by atoms with Crippen LogP contribution >= 0.6 is 0 Å². The predicted molar refractivity (Wildman–Crippen MR) is 69.9 cm³/mol. The molecule has 1 rings (SSSR count). The number of anilines is 1. The van der Waals surface area contributed by atoms with Gasteiger partial charge in [0.2, 0.25) is 11.8 Å². The van der Waals surface area contributed by atoms with E-state index in [0.29, 0.717) is 0 Å². The van der Waals surface area contributed by atoms with Gasteiger partial charge in [0.25, 0.3) is 0 Å². The first kappa shape index (κ1) is 14.7. The molecular weight excluding hydrogens is 248 g/mol. The van der Waals surface area contributed by atoms with Crippen LogP contribution in [0, 0.1) is 0 Å². The molecule has 0 saturated heterocycles. The quantitative estimate of drug-likeness (QED) is 0.697. The Hall–Kier alpha value is -2.37. The number of para-hydroxylation sites is 1. The molecule has 2 amide bonds. The summed E-state index contributed by atoms with van der Waals surface area (Å²) in [6.07, 6.45) is -0.341. The van der Waals surface area contributed by atoms with Gasteiger partial charge in [0, 0.05) is 6.04 Å². The fraction of sp³-hybridized carbons (Fsp3) is 0.308. The first-order valence-electron chi connectivity index (χ1n) is 5.81. The maximum Gasteiger partial charge on any atom is 0.337 e. The average molecular weight is 264 g/mol. The van der Waals surface area contributed by atoms with Crippen LogP contribution in [0.4, 0.5) is 5.69 Å². The zero-order valence-corrected chi connectivity index (χ0v) is 10.8. The Labute approximate surface area is 110 Å². The second kappa shape index (κ2) is 6.53. The van der Waals surface area contributed by atoms with E-state index in [4.69, 9.17) is 5.11 Å². The molecule has 0 heterocycles. The number of nitrogens with one attached hydrogen (secondary N) is 2. The molecule has 0 atom stereocenters. The summed E-state index contributed by atoms with van der Waals surface area (Å²) < 4.78 is 0. The van der Waals surface area contributed by atoms with Gasteiger partial charge in [-0.1, -0.05) is 12.1 Å². The summed E-state index contributed by atoms with van der Waals surface area (Å²) in [5, 5.41) is 13.9. The zero-order chi connectivity index (χ0) is 14.4. The van der Waals surface area contributed by atoms with E-state index < -0.39 is 17.8 Å². The van der Waals surface area contributed by atoms with Crippen molar-refractivity contribution in [3.05, 3.63) is 29.8 Å². The molecule has 0 spiro atoms. The highest BCUT2D eigenvalue weighted by Crippen LogP contribution is 2.14. The molecule has 0 fully saturated rings. The van der Waals surface area contributed by atoms with E-state index in [2.05, 4.69) is 10.6 Å². The molecular formula is C13H16N2O4. The SMILES string of the molecule is CC(C)NC(=O)CC(=O)Nc1ccccc1C(=O)O. The number of aromatic carboxylic acids is 1. The lowest BCUT2D eigenvalue weighted by molar-refractivity contribution is -0.127. The molecule has 0 unspecified atom stereocenters. The lowest BCUT2D eigenvalue weighted by Gasteiger charge is -2.10. The van der Waals surface area contributed by atoms with E-state index >= 15 is 0 Å². The highest BCUT2D eigenvalue weighted by molar-refractivity contribution is 6.06. The summed E-state index contributed by atoms with van der Waals surface area (Å²) in [4.78, 5) is 33.9. The van der Waals surface area contributed by atoms with Crippen molar-refractivity contribution in [2.24, 2.45) is 0 Å². The summed E-state index contributed by atoms with van der Waals surface area (Å²) in [6, 6.07) is 5.97. The van der Waals surface area contributed by atoms with Gasteiger partial charge in [-0.25, -0.2) is 4.79 Å². The molecule has 0 aliphatic rings. The summed E-state index contributed by atoms with van der Waals surface area (Å²) in [6.45, 7) is 3.57. The van der Waals surface area contributed by atoms with Crippen molar-refractivity contribution in [3.8, 4) is 0 Å². The first-order chi connectivity index (χ1) is 8.90. The van der Waals surface area contributed by atoms with Gasteiger partial charge in [0.05, 0.1) is 11.3 Å². The summed E-state index contributed by atoms with van der Waals surface area (Å²) in [5.41, 5.74) is 0.164. The van der Waals surface area contributed by atoms with Crippen molar-refractivity contribution in [2.75, 3.05) is 5.32 Å². The topological polar surface area (TPSA) is 95.5 Å². The monoisotopic (exact) mass is 264 g/mol. The Morgan fingerprint density at radius 1 is 1.16 bits per heavy atom. The van der Waals surface area contributed by atoms with Gasteiger partial charge in [-0.05, 0) is 26.0 Å². The third-order valence-corrected chi connectivity index (χ3v) is 2.20. The fourth-order valence-corrected chi connectivity index (χ4v) is 1.49. The van der Waals surface area contributed by atoms with E-state index in [1.54, 1.807) is 26.0 Å². The van der Waals surface area contributed by atoms with Crippen molar-refractivity contribution in [2.45, 2.75) is 26.3 Å². The number of carboxylic acid groups (broad SMARTS) is 1. The number of carboxylic acids is 1. The molecule has 6 nitrogen and oxygen atoms in total. The van der Waals surface area contributed by atoms with Crippen LogP contribution in [0.15, 0.2) is 24.3 Å². The molecule has 0 aliphatic carbocycles. The Kier molecular flexibility index (Phi) is 5.05. The van der Waals surface area contributed by atoms with Crippen molar-refractivity contribution in [1.82, 2.24) is 5.32 Å². The fourth-order valence-electron chi connectivity index (χ4n) is 1.49. The minimum absolute atomic E-state index is 0.0138. The normalized spacial score (nSPS) is 10.1. The van der Waals surface area contributed by atoms with Gasteiger partial charge in [-0.2, -0.15) is 0 Å². The second-order valence-electron chi connectivity index (χ2n) is 4.30. The van der Waals surface area contributed by atoms with E-state index in [9.17, 15) is 14.4 Å². The lowest BCUT2D eigenvalue weighted by Crippen LogP contribution is -2.33. The van der Waals surface area contributed by atoms with Crippen LogP contribution in [0.2, 0.25) is 0 Å². The van der Waals surface area contributed by atoms with Crippen LogP contribution in [-0.4, -0.2) is 28.9 Å². The smallest absolute Gasteiger partial charge is 0.337 e. The van der Waals surface area contributed by atoms with Gasteiger partial charge >= 0.3 is 5.97 Å². The molecule has 3 N–H and O–H groups in total. The Morgan fingerprint density at radius 3 is 2.37 bits per heavy atom. The Bertz CT molecular complexity index is 497. The molecule has 0 radical (unpaired) electrons. The van der Waals surface area contributed by atoms with Crippen LogP contribution < -0.4 is 10.6 Å². The van der Waals surface area contributed by atoms with Crippen molar-refractivity contribution in [3.63, 3.8) is 0 Å². The zero-order valence-electron chi connectivity index (χ0n) is 10.8. The molecule has 19 heavy (non-hydrogen) atoms. The molecule has 0 bridgehead atoms. The number of carbonyl (C=O) groups is 3. The minimum Gasteiger partial charge on any atom is -0.478 e. The summed E-state index contributed by atoms with van der Waals surface area (Å²) in [5.74, 6) is -2.09. The molecule has 1 aromatic carbocycles. The second-order valence-corrected chi connectivity index (χ2v) is 4.30. The molecule has 0 aromatic heterocycles. The van der Waals surface area contributed by atoms with Crippen LogP contribution in [-0.2, 0) is 9.59 Å². The number of rotatable bonds is 5. The molecule has 0 saturated carbocycles. The minimum atomic E-state index is -1.14. The Morgan fingerprint density at radius 2 is 1.79 bits per heavy atom. The highest BCUT2D eigenvalue weighted by atomic mass is 16.4. The van der Waals surface area contributed by atoms with Crippen LogP contribution in [0.3, 0.4) is 0 Å². The van der Waals surface area contributed by atoms with E-state index in [1.807, 2.05) is 0 Å². The molecule has 1 aromatic rings. The molecule has 6 heteroatoms. The summed E-state index contributed by atoms with van der Waals surface area (Å²) >= 11 is 0.